The first-order valence-corrected chi connectivity index (χ1v) is 11.8. The number of benzene rings is 2. The molecule has 0 bridgehead atoms. The van der Waals surface area contributed by atoms with Gasteiger partial charge in [-0.05, 0) is 42.5 Å². The summed E-state index contributed by atoms with van der Waals surface area (Å²) in [4.78, 5) is 22.3. The molecule has 5 rings (SSSR count). The van der Waals surface area contributed by atoms with Crippen LogP contribution in [0, 0.1) is 0 Å². The predicted molar refractivity (Wildman–Crippen MR) is 134 cm³/mol. The highest BCUT2D eigenvalue weighted by Gasteiger charge is 2.23. The van der Waals surface area contributed by atoms with Gasteiger partial charge in [0.2, 0.25) is 0 Å². The number of piperazine rings is 2. The van der Waals surface area contributed by atoms with E-state index >= 15 is 0 Å². The van der Waals surface area contributed by atoms with Crippen molar-refractivity contribution in [3.63, 3.8) is 0 Å². The lowest BCUT2D eigenvalue weighted by molar-refractivity contribution is 0.119. The molecule has 0 unspecified atom stereocenters. The molecule has 0 atom stereocenters. The van der Waals surface area contributed by atoms with Gasteiger partial charge in [-0.1, -0.05) is 0 Å². The van der Waals surface area contributed by atoms with Crippen molar-refractivity contribution in [3.05, 3.63) is 58.8 Å². The zero-order valence-electron chi connectivity index (χ0n) is 19.9. The SMILES string of the molecule is COc1ccc(N2CCN(CN3CCN(c4cc(=O)c5cc(OC)ccc5o4)CC3)CC2)cc1. The summed E-state index contributed by atoms with van der Waals surface area (Å²) in [6.45, 7) is 8.72. The lowest BCUT2D eigenvalue weighted by Gasteiger charge is -2.41. The van der Waals surface area contributed by atoms with Gasteiger partial charge < -0.3 is 23.7 Å². The summed E-state index contributed by atoms with van der Waals surface area (Å²) < 4.78 is 16.6. The Labute approximate surface area is 199 Å². The first kappa shape index (κ1) is 22.6. The minimum Gasteiger partial charge on any atom is -0.497 e. The lowest BCUT2D eigenvalue weighted by Crippen LogP contribution is -2.54. The molecular formula is C26H32N4O4. The lowest BCUT2D eigenvalue weighted by atomic mass is 10.2. The van der Waals surface area contributed by atoms with E-state index in [2.05, 4.69) is 31.7 Å². The van der Waals surface area contributed by atoms with E-state index in [1.165, 1.54) is 5.69 Å². The number of ether oxygens (including phenoxy) is 2. The van der Waals surface area contributed by atoms with Gasteiger partial charge >= 0.3 is 0 Å². The molecule has 3 heterocycles. The van der Waals surface area contributed by atoms with Gasteiger partial charge in [0.25, 0.3) is 0 Å². The third kappa shape index (κ3) is 4.83. The van der Waals surface area contributed by atoms with Crippen molar-refractivity contribution in [2.24, 2.45) is 0 Å². The van der Waals surface area contributed by atoms with Crippen LogP contribution in [0.15, 0.2) is 57.7 Å². The molecule has 2 saturated heterocycles. The summed E-state index contributed by atoms with van der Waals surface area (Å²) in [5.74, 6) is 2.20. The molecule has 0 aliphatic carbocycles. The highest BCUT2D eigenvalue weighted by atomic mass is 16.5. The zero-order chi connectivity index (χ0) is 23.5. The monoisotopic (exact) mass is 464 g/mol. The minimum atomic E-state index is -0.0349. The van der Waals surface area contributed by atoms with Crippen LogP contribution < -0.4 is 24.7 Å². The van der Waals surface area contributed by atoms with Crippen LogP contribution in [-0.2, 0) is 0 Å². The third-order valence-corrected chi connectivity index (χ3v) is 6.82. The van der Waals surface area contributed by atoms with Crippen LogP contribution in [0.25, 0.3) is 11.0 Å². The zero-order valence-corrected chi connectivity index (χ0v) is 19.9. The van der Waals surface area contributed by atoms with Crippen molar-refractivity contribution in [3.8, 4) is 11.5 Å². The van der Waals surface area contributed by atoms with Crippen molar-refractivity contribution < 1.29 is 13.9 Å². The largest absolute Gasteiger partial charge is 0.497 e. The van der Waals surface area contributed by atoms with E-state index < -0.39 is 0 Å². The van der Waals surface area contributed by atoms with Crippen molar-refractivity contribution in [1.82, 2.24) is 9.80 Å². The quantitative estimate of drug-likeness (QED) is 0.552. The number of fused-ring (bicyclic) bond motifs is 1. The summed E-state index contributed by atoms with van der Waals surface area (Å²) in [6.07, 6.45) is 0. The normalized spacial score (nSPS) is 17.8. The molecule has 0 N–H and O–H groups in total. The fourth-order valence-corrected chi connectivity index (χ4v) is 4.74. The maximum atomic E-state index is 12.6. The van der Waals surface area contributed by atoms with E-state index in [1.54, 1.807) is 32.4 Å². The molecule has 2 aromatic carbocycles. The Morgan fingerprint density at radius 3 is 1.94 bits per heavy atom. The second kappa shape index (κ2) is 9.95. The number of methoxy groups -OCH3 is 2. The maximum absolute atomic E-state index is 12.6. The molecule has 1 aromatic heterocycles. The van der Waals surface area contributed by atoms with Crippen molar-refractivity contribution in [1.29, 1.82) is 0 Å². The Hall–Kier alpha value is -3.23. The van der Waals surface area contributed by atoms with E-state index in [-0.39, 0.29) is 5.43 Å². The molecule has 2 aliphatic heterocycles. The molecule has 3 aromatic rings. The van der Waals surface area contributed by atoms with Crippen LogP contribution in [0.5, 0.6) is 11.5 Å². The number of hydrogen-bond acceptors (Lipinski definition) is 8. The standard InChI is InChI=1S/C26H32N4O4/c1-32-21-5-3-20(4-6-21)29-13-9-27(10-14-29)19-28-11-15-30(16-12-28)26-18-24(31)23-17-22(33-2)7-8-25(23)34-26/h3-8,17-18H,9-16,19H2,1-2H3. The molecule has 0 spiro atoms. The summed E-state index contributed by atoms with van der Waals surface area (Å²) in [7, 11) is 3.29. The van der Waals surface area contributed by atoms with Crippen LogP contribution >= 0.6 is 0 Å². The average molecular weight is 465 g/mol. The number of nitrogens with zero attached hydrogens (tertiary/aromatic N) is 4. The van der Waals surface area contributed by atoms with Crippen LogP contribution in [-0.4, -0.2) is 83.0 Å². The van der Waals surface area contributed by atoms with Crippen molar-refractivity contribution in [2.45, 2.75) is 0 Å². The van der Waals surface area contributed by atoms with Crippen molar-refractivity contribution >= 4 is 22.5 Å². The summed E-state index contributed by atoms with van der Waals surface area (Å²) in [5, 5.41) is 0.551. The van der Waals surface area contributed by atoms with E-state index in [0.29, 0.717) is 22.6 Å². The fraction of sp³-hybridized carbons (Fsp3) is 0.423. The summed E-state index contributed by atoms with van der Waals surface area (Å²) in [6, 6.07) is 15.3. The Morgan fingerprint density at radius 1 is 0.735 bits per heavy atom. The van der Waals surface area contributed by atoms with Crippen LogP contribution in [0.1, 0.15) is 0 Å². The minimum absolute atomic E-state index is 0.0349. The van der Waals surface area contributed by atoms with E-state index in [0.717, 1.165) is 64.8 Å². The smallest absolute Gasteiger partial charge is 0.200 e. The first-order chi connectivity index (χ1) is 16.6. The van der Waals surface area contributed by atoms with Gasteiger partial charge in [0.15, 0.2) is 11.3 Å². The second-order valence-electron chi connectivity index (χ2n) is 8.86. The van der Waals surface area contributed by atoms with Gasteiger partial charge in [0.05, 0.1) is 26.3 Å². The Bertz CT molecular complexity index is 1160. The number of anilines is 2. The second-order valence-corrected chi connectivity index (χ2v) is 8.86. The molecule has 0 saturated carbocycles. The molecule has 0 radical (unpaired) electrons. The average Bonchev–Trinajstić information content (AvgIpc) is 2.89. The van der Waals surface area contributed by atoms with E-state index in [4.69, 9.17) is 13.9 Å². The van der Waals surface area contributed by atoms with Crippen LogP contribution in [0.2, 0.25) is 0 Å². The number of rotatable bonds is 6. The van der Waals surface area contributed by atoms with Gasteiger partial charge in [-0.3, -0.25) is 14.6 Å². The first-order valence-electron chi connectivity index (χ1n) is 11.8. The summed E-state index contributed by atoms with van der Waals surface area (Å²) in [5.41, 5.74) is 1.82. The van der Waals surface area contributed by atoms with E-state index in [1.807, 2.05) is 18.2 Å². The number of hydrogen-bond donors (Lipinski definition) is 0. The predicted octanol–water partition coefficient (Wildman–Crippen LogP) is 2.71. The van der Waals surface area contributed by atoms with Gasteiger partial charge in [0, 0.05) is 64.1 Å². The summed E-state index contributed by atoms with van der Waals surface area (Å²) >= 11 is 0. The van der Waals surface area contributed by atoms with Crippen LogP contribution in [0.4, 0.5) is 11.6 Å². The molecule has 2 aliphatic rings. The molecule has 8 heteroatoms. The molecular weight excluding hydrogens is 432 g/mol. The van der Waals surface area contributed by atoms with Gasteiger partial charge in [-0.15, -0.1) is 0 Å². The Morgan fingerprint density at radius 2 is 1.32 bits per heavy atom. The third-order valence-electron chi connectivity index (χ3n) is 6.82. The maximum Gasteiger partial charge on any atom is 0.200 e. The highest BCUT2D eigenvalue weighted by molar-refractivity contribution is 5.79. The fourth-order valence-electron chi connectivity index (χ4n) is 4.74. The molecule has 0 amide bonds. The van der Waals surface area contributed by atoms with Crippen molar-refractivity contribution in [2.75, 3.05) is 83.0 Å². The molecule has 180 valence electrons. The Kier molecular flexibility index (Phi) is 6.60. The van der Waals surface area contributed by atoms with Gasteiger partial charge in [-0.25, -0.2) is 0 Å². The van der Waals surface area contributed by atoms with Gasteiger partial charge in [0.1, 0.15) is 17.1 Å². The van der Waals surface area contributed by atoms with Gasteiger partial charge in [-0.2, -0.15) is 0 Å². The molecule has 34 heavy (non-hydrogen) atoms. The molecule has 8 nitrogen and oxygen atoms in total. The highest BCUT2D eigenvalue weighted by Crippen LogP contribution is 2.24. The molecule has 2 fully saturated rings. The van der Waals surface area contributed by atoms with Crippen LogP contribution in [0.3, 0.4) is 0 Å². The van der Waals surface area contributed by atoms with E-state index in [9.17, 15) is 4.79 Å². The topological polar surface area (TPSA) is 61.6 Å². The Balaban J connectivity index is 1.13.